The van der Waals surface area contributed by atoms with E-state index in [0.717, 1.165) is 31.6 Å². The van der Waals surface area contributed by atoms with Crippen molar-refractivity contribution in [2.45, 2.75) is 56.5 Å². The number of carbonyl (C=O) groups is 2. The van der Waals surface area contributed by atoms with Crippen molar-refractivity contribution in [1.29, 1.82) is 0 Å². The maximum absolute atomic E-state index is 14.4. The highest BCUT2D eigenvalue weighted by Crippen LogP contribution is 2.27. The molecule has 3 rings (SSSR count). The Morgan fingerprint density at radius 1 is 1.24 bits per heavy atom. The van der Waals surface area contributed by atoms with Gasteiger partial charge in [0.15, 0.2) is 9.84 Å². The van der Waals surface area contributed by atoms with Crippen LogP contribution in [0.4, 0.5) is 10.1 Å². The zero-order chi connectivity index (χ0) is 24.3. The van der Waals surface area contributed by atoms with Gasteiger partial charge in [0, 0.05) is 37.8 Å². The quantitative estimate of drug-likeness (QED) is 0.593. The van der Waals surface area contributed by atoms with E-state index >= 15 is 0 Å². The van der Waals surface area contributed by atoms with E-state index in [-0.39, 0.29) is 34.4 Å². The van der Waals surface area contributed by atoms with Crippen LogP contribution in [0.1, 0.15) is 39.5 Å². The van der Waals surface area contributed by atoms with Gasteiger partial charge in [-0.1, -0.05) is 20.4 Å². The number of nitrogens with one attached hydrogen (secondary N) is 2. The van der Waals surface area contributed by atoms with Crippen molar-refractivity contribution in [3.05, 3.63) is 36.4 Å². The van der Waals surface area contributed by atoms with Gasteiger partial charge in [-0.05, 0) is 43.9 Å². The zero-order valence-electron chi connectivity index (χ0n) is 19.4. The van der Waals surface area contributed by atoms with E-state index in [1.807, 2.05) is 23.6 Å². The normalized spacial score (nSPS) is 20.6. The summed E-state index contributed by atoms with van der Waals surface area (Å²) in [5, 5.41) is 5.81. The van der Waals surface area contributed by atoms with E-state index in [2.05, 4.69) is 17.2 Å². The number of hydrogen-bond acceptors (Lipinski definition) is 6. The summed E-state index contributed by atoms with van der Waals surface area (Å²) in [4.78, 5) is 28.9. The van der Waals surface area contributed by atoms with Crippen molar-refractivity contribution in [2.24, 2.45) is 5.92 Å². The molecule has 2 saturated heterocycles. The van der Waals surface area contributed by atoms with Crippen molar-refractivity contribution >= 4 is 27.3 Å². The first kappa shape index (κ1) is 25.0. The lowest BCUT2D eigenvalue weighted by Crippen LogP contribution is -2.48. The van der Waals surface area contributed by atoms with E-state index in [1.165, 1.54) is 12.1 Å². The van der Waals surface area contributed by atoms with Crippen LogP contribution in [0, 0.1) is 11.7 Å². The minimum absolute atomic E-state index is 0.0370. The fourth-order valence-corrected chi connectivity index (χ4v) is 4.84. The summed E-state index contributed by atoms with van der Waals surface area (Å²) in [6.45, 7) is 9.79. The Kier molecular flexibility index (Phi) is 7.66. The summed E-state index contributed by atoms with van der Waals surface area (Å²) in [5.41, 5.74) is 0.116. The molecule has 0 aliphatic carbocycles. The number of hydrogen-bond donors (Lipinski definition) is 2. The Morgan fingerprint density at radius 3 is 2.48 bits per heavy atom. The average Bonchev–Trinajstić information content (AvgIpc) is 3.13. The third kappa shape index (κ3) is 5.85. The van der Waals surface area contributed by atoms with Crippen LogP contribution in [0.2, 0.25) is 0 Å². The summed E-state index contributed by atoms with van der Waals surface area (Å²) in [5.74, 6) is -0.290. The fourth-order valence-electron chi connectivity index (χ4n) is 4.21. The molecule has 1 aromatic carbocycles. The van der Waals surface area contributed by atoms with Crippen LogP contribution < -0.4 is 10.6 Å². The Hall–Kier alpha value is -2.62. The summed E-state index contributed by atoms with van der Waals surface area (Å²) >= 11 is 0. The van der Waals surface area contributed by atoms with Gasteiger partial charge in [0.05, 0.1) is 10.6 Å². The Balaban J connectivity index is 1.54. The summed E-state index contributed by atoms with van der Waals surface area (Å²) in [6, 6.07) is 3.19. The molecule has 1 aromatic rings. The predicted molar refractivity (Wildman–Crippen MR) is 125 cm³/mol. The molecule has 0 saturated carbocycles. The minimum atomic E-state index is -3.50. The monoisotopic (exact) mass is 480 g/mol. The van der Waals surface area contributed by atoms with Crippen LogP contribution in [0.3, 0.4) is 0 Å². The number of sulfone groups is 1. The number of anilines is 1. The van der Waals surface area contributed by atoms with Crippen molar-refractivity contribution in [3.63, 3.8) is 0 Å². The molecule has 2 fully saturated rings. The molecule has 0 bridgehead atoms. The second kappa shape index (κ2) is 10.1. The second-order valence-corrected chi connectivity index (χ2v) is 10.9. The second-order valence-electron chi connectivity index (χ2n) is 8.89. The van der Waals surface area contributed by atoms with Gasteiger partial charge >= 0.3 is 0 Å². The maximum Gasteiger partial charge on any atom is 0.245 e. The minimum Gasteiger partial charge on any atom is -0.371 e. The molecule has 2 atom stereocenters. The molecule has 10 heteroatoms. The Bertz CT molecular complexity index is 1020. The first-order valence-electron chi connectivity index (χ1n) is 11.3. The zero-order valence-corrected chi connectivity index (χ0v) is 20.3. The molecule has 0 unspecified atom stereocenters. The number of carbonyl (C=O) groups excluding carboxylic acids is 2. The van der Waals surface area contributed by atoms with E-state index < -0.39 is 21.7 Å². The number of nitrogens with zero attached hydrogens (tertiary/aromatic N) is 2. The van der Waals surface area contributed by atoms with E-state index in [9.17, 15) is 22.4 Å². The van der Waals surface area contributed by atoms with Crippen LogP contribution in [-0.4, -0.2) is 68.0 Å². The molecule has 2 aliphatic heterocycles. The lowest BCUT2D eigenvalue weighted by Gasteiger charge is -2.38. The molecule has 2 amide bonds. The molecular weight excluding hydrogens is 447 g/mol. The Labute approximate surface area is 195 Å². The topological polar surface area (TPSA) is 98.8 Å². The summed E-state index contributed by atoms with van der Waals surface area (Å²) < 4.78 is 37.6. The highest BCUT2D eigenvalue weighted by atomic mass is 32.2. The van der Waals surface area contributed by atoms with E-state index in [0.29, 0.717) is 31.9 Å². The molecule has 2 N–H and O–H groups in total. The lowest BCUT2D eigenvalue weighted by molar-refractivity contribution is -0.131. The molecule has 33 heavy (non-hydrogen) atoms. The van der Waals surface area contributed by atoms with Gasteiger partial charge in [0.2, 0.25) is 11.8 Å². The van der Waals surface area contributed by atoms with Crippen molar-refractivity contribution < 1.29 is 22.4 Å². The van der Waals surface area contributed by atoms with Gasteiger partial charge in [0.1, 0.15) is 17.7 Å². The average molecular weight is 481 g/mol. The third-order valence-corrected chi connectivity index (χ3v) is 7.66. The van der Waals surface area contributed by atoms with Gasteiger partial charge < -0.3 is 20.4 Å². The summed E-state index contributed by atoms with van der Waals surface area (Å²) in [6.07, 6.45) is 3.85. The maximum atomic E-state index is 14.4. The molecule has 2 aliphatic rings. The number of rotatable bonds is 8. The molecule has 8 nitrogen and oxygen atoms in total. The molecule has 182 valence electrons. The first-order valence-corrected chi connectivity index (χ1v) is 13.2. The third-order valence-electron chi connectivity index (χ3n) is 6.55. The number of likely N-dealkylation sites (tertiary alicyclic amines) is 2. The number of benzene rings is 1. The van der Waals surface area contributed by atoms with Crippen LogP contribution in [-0.2, 0) is 19.4 Å². The highest BCUT2D eigenvalue weighted by molar-refractivity contribution is 7.90. The predicted octanol–water partition coefficient (Wildman–Crippen LogP) is 2.34. The number of piperidine rings is 1. The molecule has 0 radical (unpaired) electrons. The van der Waals surface area contributed by atoms with Gasteiger partial charge in [-0.2, -0.15) is 0 Å². The molecule has 0 spiro atoms. The van der Waals surface area contributed by atoms with Gasteiger partial charge in [-0.25, -0.2) is 12.8 Å². The van der Waals surface area contributed by atoms with E-state index in [4.69, 9.17) is 0 Å². The lowest BCUT2D eigenvalue weighted by atomic mass is 10.0. The van der Waals surface area contributed by atoms with Crippen LogP contribution in [0.15, 0.2) is 35.5 Å². The molecule has 2 heterocycles. The fraction of sp³-hybridized carbons (Fsp3) is 0.565. The van der Waals surface area contributed by atoms with Crippen molar-refractivity contribution in [1.82, 2.24) is 15.1 Å². The first-order chi connectivity index (χ1) is 15.5. The van der Waals surface area contributed by atoms with Gasteiger partial charge in [-0.15, -0.1) is 0 Å². The van der Waals surface area contributed by atoms with Crippen molar-refractivity contribution in [3.8, 4) is 0 Å². The van der Waals surface area contributed by atoms with Gasteiger partial charge in [-0.3, -0.25) is 9.59 Å². The highest BCUT2D eigenvalue weighted by Gasteiger charge is 2.37. The Morgan fingerprint density at radius 2 is 1.91 bits per heavy atom. The van der Waals surface area contributed by atoms with E-state index in [1.54, 1.807) is 0 Å². The van der Waals surface area contributed by atoms with Crippen molar-refractivity contribution in [2.75, 3.05) is 31.2 Å². The SMILES string of the molecule is C=C(NC(=O)[C@@H](C)CC)N1CCC(N2CC[C@H](Nc3ccc(S(C)(=O)=O)cc3F)C2=O)CC1. The standard InChI is InChI=1S/C23H33FN4O4S/c1-5-15(2)22(29)25-16(3)27-11-8-17(9-12-27)28-13-10-21(23(28)30)26-20-7-6-18(14-19(20)24)33(4,31)32/h6-7,14-15,17,21,26H,3,5,8-13H2,1-2,4H3,(H,25,29)/t15-,21-/m0/s1. The van der Waals surface area contributed by atoms with Gasteiger partial charge in [0.25, 0.3) is 0 Å². The number of amides is 2. The molecule has 0 aromatic heterocycles. The number of halogens is 1. The smallest absolute Gasteiger partial charge is 0.245 e. The molecular formula is C23H33FN4O4S. The largest absolute Gasteiger partial charge is 0.371 e. The van der Waals surface area contributed by atoms with Crippen LogP contribution >= 0.6 is 0 Å². The van der Waals surface area contributed by atoms with Crippen LogP contribution in [0.5, 0.6) is 0 Å². The van der Waals surface area contributed by atoms with Crippen LogP contribution in [0.25, 0.3) is 0 Å². The summed E-state index contributed by atoms with van der Waals surface area (Å²) in [7, 11) is -3.50.